The summed E-state index contributed by atoms with van der Waals surface area (Å²) in [4.78, 5) is 15.2. The van der Waals surface area contributed by atoms with Crippen LogP contribution in [0, 0.1) is 5.92 Å². The predicted molar refractivity (Wildman–Crippen MR) is 136 cm³/mol. The molecule has 4 N–H and O–H groups in total. The number of halogens is 1. The van der Waals surface area contributed by atoms with E-state index in [9.17, 15) is 20.1 Å². The molecule has 9 heteroatoms. The lowest BCUT2D eigenvalue weighted by molar-refractivity contribution is -0.165. The fraction of sp³-hybridized carbons (Fsp3) is 0.958. The highest BCUT2D eigenvalue weighted by atomic mass is 35.5. The number of hydrogen-bond acceptors (Lipinski definition) is 7. The summed E-state index contributed by atoms with van der Waals surface area (Å²) in [6.45, 7) is 6.23. The van der Waals surface area contributed by atoms with Crippen LogP contribution in [0.4, 0.5) is 0 Å². The number of nitrogens with zero attached hydrogens (tertiary/aromatic N) is 1. The predicted octanol–water partition coefficient (Wildman–Crippen LogP) is 3.33. The van der Waals surface area contributed by atoms with Gasteiger partial charge in [0.25, 0.3) is 0 Å². The maximum Gasteiger partial charge on any atom is 0.237 e. The third kappa shape index (κ3) is 11.0. The van der Waals surface area contributed by atoms with Gasteiger partial charge >= 0.3 is 0 Å². The lowest BCUT2D eigenvalue weighted by Crippen LogP contribution is -2.55. The summed E-state index contributed by atoms with van der Waals surface area (Å²) in [7, 11) is 1.97. The second-order valence-electron chi connectivity index (χ2n) is 9.51. The standard InChI is InChI=1S/C24H47ClN2O5S/c1-6-7-8-9-10-11-18-12-13-19(27(4)15-14-18)22(30)26-20(16(2)25)23(31)32-24(33-5)21(29)17(3)28/h16-21,23-24,28-29,31H,6-15H2,1-5H3,(H,26,30)/t16?,17-,18+,19?,20?,21?,23-,24?/m1/s1. The summed E-state index contributed by atoms with van der Waals surface area (Å²) < 4.78 is 5.57. The first-order chi connectivity index (χ1) is 15.6. The van der Waals surface area contributed by atoms with Gasteiger partial charge in [-0.15, -0.1) is 23.4 Å². The zero-order valence-electron chi connectivity index (χ0n) is 21.1. The Morgan fingerprint density at radius 2 is 1.82 bits per heavy atom. The summed E-state index contributed by atoms with van der Waals surface area (Å²) in [6.07, 6.45) is 8.63. The monoisotopic (exact) mass is 510 g/mol. The van der Waals surface area contributed by atoms with Gasteiger partial charge in [-0.1, -0.05) is 45.4 Å². The smallest absolute Gasteiger partial charge is 0.237 e. The molecule has 8 atom stereocenters. The first-order valence-electron chi connectivity index (χ1n) is 12.5. The van der Waals surface area contributed by atoms with Crippen molar-refractivity contribution in [3.63, 3.8) is 0 Å². The molecule has 0 bridgehead atoms. The Kier molecular flexibility index (Phi) is 15.5. The Morgan fingerprint density at radius 1 is 1.15 bits per heavy atom. The molecule has 7 nitrogen and oxygen atoms in total. The molecule has 0 aromatic rings. The van der Waals surface area contributed by atoms with E-state index in [2.05, 4.69) is 17.1 Å². The van der Waals surface area contributed by atoms with Gasteiger partial charge in [0.05, 0.1) is 23.6 Å². The van der Waals surface area contributed by atoms with Crippen LogP contribution in [0.1, 0.15) is 78.6 Å². The Balaban J connectivity index is 2.66. The van der Waals surface area contributed by atoms with Crippen LogP contribution in [0.25, 0.3) is 0 Å². The minimum absolute atomic E-state index is 0.168. The van der Waals surface area contributed by atoms with E-state index in [-0.39, 0.29) is 11.9 Å². The summed E-state index contributed by atoms with van der Waals surface area (Å²) in [5.41, 5.74) is -0.853. The average molecular weight is 511 g/mol. The number of carbonyl (C=O) groups is 1. The van der Waals surface area contributed by atoms with Gasteiger partial charge in [-0.3, -0.25) is 9.69 Å². The molecular weight excluding hydrogens is 464 g/mol. The third-order valence-corrected chi connectivity index (χ3v) is 7.81. The van der Waals surface area contributed by atoms with Crippen LogP contribution >= 0.6 is 23.4 Å². The van der Waals surface area contributed by atoms with Gasteiger partial charge in [-0.05, 0) is 58.9 Å². The molecular formula is C24H47ClN2O5S. The van der Waals surface area contributed by atoms with Crippen molar-refractivity contribution in [2.24, 2.45) is 5.92 Å². The second kappa shape index (κ2) is 16.6. The second-order valence-corrected chi connectivity index (χ2v) is 11.1. The largest absolute Gasteiger partial charge is 0.391 e. The van der Waals surface area contributed by atoms with E-state index in [1.807, 2.05) is 7.05 Å². The van der Waals surface area contributed by atoms with E-state index in [4.69, 9.17) is 16.3 Å². The number of thioether (sulfide) groups is 1. The summed E-state index contributed by atoms with van der Waals surface area (Å²) in [6, 6.07) is -1.12. The normalized spacial score (nSPS) is 25.5. The lowest BCUT2D eigenvalue weighted by atomic mass is 9.92. The van der Waals surface area contributed by atoms with Crippen LogP contribution in [-0.2, 0) is 9.53 Å². The van der Waals surface area contributed by atoms with E-state index in [1.165, 1.54) is 57.2 Å². The van der Waals surface area contributed by atoms with Crippen LogP contribution < -0.4 is 5.32 Å². The fourth-order valence-corrected chi connectivity index (χ4v) is 5.27. The zero-order valence-corrected chi connectivity index (χ0v) is 22.7. The Bertz CT molecular complexity index is 543. The van der Waals surface area contributed by atoms with E-state index in [0.29, 0.717) is 5.92 Å². The number of nitrogens with one attached hydrogen (secondary N) is 1. The Morgan fingerprint density at radius 3 is 2.39 bits per heavy atom. The summed E-state index contributed by atoms with van der Waals surface area (Å²) in [5, 5.41) is 32.7. The molecule has 196 valence electrons. The molecule has 1 amide bonds. The highest BCUT2D eigenvalue weighted by molar-refractivity contribution is 7.99. The summed E-state index contributed by atoms with van der Waals surface area (Å²) >= 11 is 7.46. The number of aliphatic hydroxyl groups excluding tert-OH is 3. The number of likely N-dealkylation sites (N-methyl/N-ethyl adjacent to an activating group) is 1. The summed E-state index contributed by atoms with van der Waals surface area (Å²) in [5.74, 6) is 0.478. The van der Waals surface area contributed by atoms with Gasteiger partial charge in [0, 0.05) is 0 Å². The molecule has 0 spiro atoms. The van der Waals surface area contributed by atoms with Crippen molar-refractivity contribution < 1.29 is 24.9 Å². The third-order valence-electron chi connectivity index (χ3n) is 6.68. The minimum atomic E-state index is -1.42. The van der Waals surface area contributed by atoms with Gasteiger partial charge in [0.2, 0.25) is 5.91 Å². The number of aliphatic hydroxyl groups is 3. The van der Waals surface area contributed by atoms with Crippen molar-refractivity contribution in [3.05, 3.63) is 0 Å². The number of carbonyl (C=O) groups excluding carboxylic acids is 1. The maximum absolute atomic E-state index is 13.1. The molecule has 0 radical (unpaired) electrons. The van der Waals surface area contributed by atoms with Crippen LogP contribution in [-0.4, -0.2) is 87.4 Å². The zero-order chi connectivity index (χ0) is 25.0. The molecule has 1 aliphatic heterocycles. The van der Waals surface area contributed by atoms with Crippen molar-refractivity contribution in [1.82, 2.24) is 10.2 Å². The lowest BCUT2D eigenvalue weighted by Gasteiger charge is -2.33. The number of alkyl halides is 1. The van der Waals surface area contributed by atoms with Gasteiger partial charge in [-0.2, -0.15) is 0 Å². The van der Waals surface area contributed by atoms with Crippen LogP contribution in [0.2, 0.25) is 0 Å². The molecule has 0 aliphatic carbocycles. The maximum atomic E-state index is 13.1. The molecule has 0 aromatic heterocycles. The van der Waals surface area contributed by atoms with E-state index in [0.717, 1.165) is 25.8 Å². The van der Waals surface area contributed by atoms with Crippen LogP contribution in [0.5, 0.6) is 0 Å². The SMILES string of the molecule is CCCCCCC[C@H]1CCC(C(=O)NC(C(C)Cl)[C@H](O)OC(SC)C(O)[C@@H](C)O)N(C)CC1. The Hall–Kier alpha value is -0.0900. The number of likely N-dealkylation sites (tertiary alicyclic amines) is 1. The van der Waals surface area contributed by atoms with Crippen LogP contribution in [0.3, 0.4) is 0 Å². The first kappa shape index (κ1) is 30.9. The number of rotatable bonds is 15. The highest BCUT2D eigenvalue weighted by Crippen LogP contribution is 2.26. The fourth-order valence-electron chi connectivity index (χ4n) is 4.36. The van der Waals surface area contributed by atoms with Crippen molar-refractivity contribution in [3.8, 4) is 0 Å². The van der Waals surface area contributed by atoms with Gasteiger partial charge in [0.15, 0.2) is 6.29 Å². The first-order valence-corrected chi connectivity index (χ1v) is 14.2. The molecule has 1 saturated heterocycles. The van der Waals surface area contributed by atoms with Gasteiger partial charge in [-0.25, -0.2) is 0 Å². The van der Waals surface area contributed by atoms with E-state index >= 15 is 0 Å². The number of ether oxygens (including phenoxy) is 1. The number of hydrogen-bond donors (Lipinski definition) is 4. The van der Waals surface area contributed by atoms with Crippen molar-refractivity contribution in [2.45, 2.75) is 120 Å². The quantitative estimate of drug-likeness (QED) is 0.152. The van der Waals surface area contributed by atoms with E-state index in [1.54, 1.807) is 13.2 Å². The molecule has 1 aliphatic rings. The molecule has 5 unspecified atom stereocenters. The number of amides is 1. The number of unbranched alkanes of at least 4 members (excludes halogenated alkanes) is 4. The van der Waals surface area contributed by atoms with Crippen molar-refractivity contribution in [2.75, 3.05) is 19.8 Å². The molecule has 33 heavy (non-hydrogen) atoms. The van der Waals surface area contributed by atoms with E-state index < -0.39 is 35.4 Å². The molecule has 0 saturated carbocycles. The molecule has 1 heterocycles. The Labute approximate surface area is 210 Å². The van der Waals surface area contributed by atoms with Crippen LogP contribution in [0.15, 0.2) is 0 Å². The van der Waals surface area contributed by atoms with Crippen molar-refractivity contribution in [1.29, 1.82) is 0 Å². The van der Waals surface area contributed by atoms with Gasteiger partial charge in [0.1, 0.15) is 11.5 Å². The molecule has 1 fully saturated rings. The van der Waals surface area contributed by atoms with Crippen molar-refractivity contribution >= 4 is 29.3 Å². The van der Waals surface area contributed by atoms with Gasteiger partial charge < -0.3 is 25.4 Å². The minimum Gasteiger partial charge on any atom is -0.391 e. The topological polar surface area (TPSA) is 102 Å². The highest BCUT2D eigenvalue weighted by Gasteiger charge is 2.35. The molecule has 1 rings (SSSR count). The molecule has 0 aromatic carbocycles. The average Bonchev–Trinajstić information content (AvgIpc) is 2.95.